The second-order valence-corrected chi connectivity index (χ2v) is 4.41. The van der Waals surface area contributed by atoms with Gasteiger partial charge in [0, 0.05) is 24.5 Å². The van der Waals surface area contributed by atoms with Crippen LogP contribution in [-0.4, -0.2) is 31.5 Å². The zero-order valence-electron chi connectivity index (χ0n) is 8.92. The Hall–Kier alpha value is -2.02. The van der Waals surface area contributed by atoms with Crippen molar-refractivity contribution in [1.29, 1.82) is 0 Å². The van der Waals surface area contributed by atoms with Gasteiger partial charge in [0.2, 0.25) is 0 Å². The standard InChI is InChI=1S/C10H10N6S/c1(7-11-3-4-17-7)2-12-9-8-10(14-5-13-8)16-6-15-9/h3-6H,1-2H2,(H2,12,13,14,15,16). The highest BCUT2D eigenvalue weighted by Crippen LogP contribution is 2.14. The van der Waals surface area contributed by atoms with Gasteiger partial charge in [-0.15, -0.1) is 11.3 Å². The molecule has 17 heavy (non-hydrogen) atoms. The number of nitrogens with zero attached hydrogens (tertiary/aromatic N) is 4. The molecule has 2 N–H and O–H groups in total. The number of nitrogens with one attached hydrogen (secondary N) is 2. The number of aromatic amines is 1. The van der Waals surface area contributed by atoms with E-state index in [1.54, 1.807) is 17.7 Å². The van der Waals surface area contributed by atoms with E-state index in [0.29, 0.717) is 5.65 Å². The summed E-state index contributed by atoms with van der Waals surface area (Å²) in [5.74, 6) is 0.782. The number of H-pyrrole nitrogens is 1. The summed E-state index contributed by atoms with van der Waals surface area (Å²) >= 11 is 1.66. The van der Waals surface area contributed by atoms with Gasteiger partial charge in [-0.2, -0.15) is 0 Å². The van der Waals surface area contributed by atoms with Crippen LogP contribution in [0.3, 0.4) is 0 Å². The maximum absolute atomic E-state index is 4.23. The third-order valence-corrected chi connectivity index (χ3v) is 3.18. The van der Waals surface area contributed by atoms with Gasteiger partial charge in [-0.05, 0) is 0 Å². The number of hydrogen-bond donors (Lipinski definition) is 2. The van der Waals surface area contributed by atoms with Crippen LogP contribution >= 0.6 is 11.3 Å². The molecule has 0 unspecified atom stereocenters. The fraction of sp³-hybridized carbons (Fsp3) is 0.200. The number of anilines is 1. The molecule has 0 atom stereocenters. The van der Waals surface area contributed by atoms with Gasteiger partial charge in [0.05, 0.1) is 11.3 Å². The molecule has 0 fully saturated rings. The molecule has 7 heteroatoms. The molecule has 0 aromatic carbocycles. The summed E-state index contributed by atoms with van der Waals surface area (Å²) in [6, 6.07) is 0. The summed E-state index contributed by atoms with van der Waals surface area (Å²) in [4.78, 5) is 19.6. The summed E-state index contributed by atoms with van der Waals surface area (Å²) in [6.07, 6.45) is 5.83. The Kier molecular flexibility index (Phi) is 2.66. The lowest BCUT2D eigenvalue weighted by atomic mass is 10.4. The molecule has 0 bridgehead atoms. The van der Waals surface area contributed by atoms with Crippen LogP contribution in [0.2, 0.25) is 0 Å². The Morgan fingerprint density at radius 1 is 1.24 bits per heavy atom. The summed E-state index contributed by atoms with van der Waals surface area (Å²) in [5, 5.41) is 6.35. The van der Waals surface area contributed by atoms with Gasteiger partial charge in [0.1, 0.15) is 11.8 Å². The van der Waals surface area contributed by atoms with E-state index >= 15 is 0 Å². The minimum absolute atomic E-state index is 0.678. The molecule has 3 rings (SSSR count). The number of hydrogen-bond acceptors (Lipinski definition) is 6. The summed E-state index contributed by atoms with van der Waals surface area (Å²) in [6.45, 7) is 0.790. The van der Waals surface area contributed by atoms with Crippen molar-refractivity contribution < 1.29 is 0 Å². The Morgan fingerprint density at radius 2 is 2.24 bits per heavy atom. The zero-order chi connectivity index (χ0) is 11.5. The van der Waals surface area contributed by atoms with Gasteiger partial charge in [0.15, 0.2) is 11.5 Å². The normalized spacial score (nSPS) is 10.8. The molecule has 3 heterocycles. The van der Waals surface area contributed by atoms with Gasteiger partial charge in [0.25, 0.3) is 0 Å². The minimum atomic E-state index is 0.678. The Morgan fingerprint density at radius 3 is 3.12 bits per heavy atom. The maximum atomic E-state index is 4.23. The predicted molar refractivity (Wildman–Crippen MR) is 66.0 cm³/mol. The van der Waals surface area contributed by atoms with Gasteiger partial charge < -0.3 is 10.3 Å². The van der Waals surface area contributed by atoms with Gasteiger partial charge in [-0.1, -0.05) is 0 Å². The van der Waals surface area contributed by atoms with Crippen LogP contribution < -0.4 is 5.32 Å². The summed E-state index contributed by atoms with van der Waals surface area (Å²) in [7, 11) is 0. The van der Waals surface area contributed by atoms with Crippen molar-refractivity contribution in [2.75, 3.05) is 11.9 Å². The topological polar surface area (TPSA) is 79.4 Å². The first-order chi connectivity index (χ1) is 8.43. The summed E-state index contributed by atoms with van der Waals surface area (Å²) < 4.78 is 0. The lowest BCUT2D eigenvalue weighted by molar-refractivity contribution is 0.986. The van der Waals surface area contributed by atoms with Crippen molar-refractivity contribution in [3.63, 3.8) is 0 Å². The average molecular weight is 246 g/mol. The highest BCUT2D eigenvalue weighted by molar-refractivity contribution is 7.09. The highest BCUT2D eigenvalue weighted by atomic mass is 32.1. The van der Waals surface area contributed by atoms with E-state index in [1.807, 2.05) is 11.6 Å². The molecule has 3 aromatic rings. The van der Waals surface area contributed by atoms with Crippen molar-refractivity contribution >= 4 is 28.3 Å². The summed E-state index contributed by atoms with van der Waals surface area (Å²) in [5.41, 5.74) is 1.52. The smallest absolute Gasteiger partial charge is 0.182 e. The zero-order valence-corrected chi connectivity index (χ0v) is 9.74. The molecular weight excluding hydrogens is 236 g/mol. The highest BCUT2D eigenvalue weighted by Gasteiger charge is 2.04. The van der Waals surface area contributed by atoms with Crippen molar-refractivity contribution in [2.45, 2.75) is 6.42 Å². The predicted octanol–water partition coefficient (Wildman–Crippen LogP) is 1.46. The van der Waals surface area contributed by atoms with Crippen molar-refractivity contribution in [1.82, 2.24) is 24.9 Å². The second kappa shape index (κ2) is 4.46. The fourth-order valence-corrected chi connectivity index (χ4v) is 2.18. The molecule has 3 aromatic heterocycles. The molecule has 0 aliphatic carbocycles. The van der Waals surface area contributed by atoms with Crippen molar-refractivity contribution in [3.8, 4) is 0 Å². The third-order valence-electron chi connectivity index (χ3n) is 2.34. The van der Waals surface area contributed by atoms with Gasteiger partial charge in [-0.25, -0.2) is 19.9 Å². The minimum Gasteiger partial charge on any atom is -0.368 e. The number of imidazole rings is 1. The Labute approximate surface area is 101 Å². The van der Waals surface area contributed by atoms with E-state index in [0.717, 1.165) is 29.3 Å². The number of thiazole rings is 1. The van der Waals surface area contributed by atoms with E-state index in [1.165, 1.54) is 6.33 Å². The van der Waals surface area contributed by atoms with Crippen molar-refractivity contribution in [3.05, 3.63) is 29.2 Å². The van der Waals surface area contributed by atoms with Crippen LogP contribution in [0.25, 0.3) is 11.2 Å². The fourth-order valence-electron chi connectivity index (χ4n) is 1.56. The largest absolute Gasteiger partial charge is 0.368 e. The molecule has 0 amide bonds. The molecule has 86 valence electrons. The van der Waals surface area contributed by atoms with Crippen LogP contribution in [0, 0.1) is 0 Å². The van der Waals surface area contributed by atoms with Crippen LogP contribution in [0.1, 0.15) is 5.01 Å². The third kappa shape index (κ3) is 2.09. The lowest BCUT2D eigenvalue weighted by Gasteiger charge is -2.03. The molecule has 0 aliphatic rings. The molecule has 0 spiro atoms. The Bertz CT molecular complexity index is 602. The first-order valence-electron chi connectivity index (χ1n) is 5.20. The molecule has 0 radical (unpaired) electrons. The SMILES string of the molecule is c1csc(CCNc2ncnc3nc[nH]c23)n1. The monoisotopic (exact) mass is 246 g/mol. The molecule has 6 nitrogen and oxygen atoms in total. The maximum Gasteiger partial charge on any atom is 0.182 e. The average Bonchev–Trinajstić information content (AvgIpc) is 2.99. The van der Waals surface area contributed by atoms with E-state index in [2.05, 4.69) is 30.2 Å². The molecule has 0 saturated carbocycles. The van der Waals surface area contributed by atoms with Gasteiger partial charge in [-0.3, -0.25) is 0 Å². The van der Waals surface area contributed by atoms with E-state index in [4.69, 9.17) is 0 Å². The molecule has 0 saturated heterocycles. The van der Waals surface area contributed by atoms with Crippen LogP contribution in [0.15, 0.2) is 24.2 Å². The quantitative estimate of drug-likeness (QED) is 0.728. The number of rotatable bonds is 4. The lowest BCUT2D eigenvalue weighted by Crippen LogP contribution is -2.06. The van der Waals surface area contributed by atoms with E-state index < -0.39 is 0 Å². The van der Waals surface area contributed by atoms with E-state index in [9.17, 15) is 0 Å². The Balaban J connectivity index is 1.70. The molecule has 0 aliphatic heterocycles. The first-order valence-corrected chi connectivity index (χ1v) is 6.08. The number of aromatic nitrogens is 5. The van der Waals surface area contributed by atoms with Crippen LogP contribution in [-0.2, 0) is 6.42 Å². The molecular formula is C10H10N6S. The van der Waals surface area contributed by atoms with E-state index in [-0.39, 0.29) is 0 Å². The van der Waals surface area contributed by atoms with Crippen LogP contribution in [0.4, 0.5) is 5.82 Å². The van der Waals surface area contributed by atoms with Crippen molar-refractivity contribution in [2.24, 2.45) is 0 Å². The number of fused-ring (bicyclic) bond motifs is 1. The van der Waals surface area contributed by atoms with Gasteiger partial charge >= 0.3 is 0 Å². The second-order valence-electron chi connectivity index (χ2n) is 3.43. The van der Waals surface area contributed by atoms with Crippen LogP contribution in [0.5, 0.6) is 0 Å². The first kappa shape index (κ1) is 10.2.